The molecule has 0 unspecified atom stereocenters. The van der Waals surface area contributed by atoms with E-state index in [-0.39, 0.29) is 29.0 Å². The quantitative estimate of drug-likeness (QED) is 0.396. The lowest BCUT2D eigenvalue weighted by atomic mass is 10.0. The first kappa shape index (κ1) is 27.0. The van der Waals surface area contributed by atoms with Crippen molar-refractivity contribution in [2.24, 2.45) is 0 Å². The summed E-state index contributed by atoms with van der Waals surface area (Å²) >= 11 is 2.65. The number of carbonyl (C=O) groups is 3. The highest BCUT2D eigenvalue weighted by Crippen LogP contribution is 2.37. The number of amides is 3. The Morgan fingerprint density at radius 1 is 1.11 bits per heavy atom. The summed E-state index contributed by atoms with van der Waals surface area (Å²) in [7, 11) is 2.97. The molecule has 1 aliphatic rings. The molecule has 2 aromatic carbocycles. The Hall–Kier alpha value is -4.01. The van der Waals surface area contributed by atoms with Crippen molar-refractivity contribution in [3.63, 3.8) is 0 Å². The van der Waals surface area contributed by atoms with Crippen LogP contribution >= 0.6 is 23.1 Å². The lowest BCUT2D eigenvalue weighted by Gasteiger charge is -2.25. The molecule has 1 aromatic heterocycles. The van der Waals surface area contributed by atoms with Crippen LogP contribution in [0.5, 0.6) is 11.5 Å². The number of fused-ring (bicyclic) bond motifs is 1. The van der Waals surface area contributed by atoms with Crippen molar-refractivity contribution in [3.8, 4) is 17.6 Å². The average Bonchev–Trinajstić information content (AvgIpc) is 3.27. The van der Waals surface area contributed by atoms with E-state index >= 15 is 0 Å². The third-order valence-corrected chi connectivity index (χ3v) is 8.11. The number of nitriles is 1. The van der Waals surface area contributed by atoms with Gasteiger partial charge >= 0.3 is 0 Å². The van der Waals surface area contributed by atoms with E-state index in [1.165, 1.54) is 44.2 Å². The maximum atomic E-state index is 13.0. The van der Waals surface area contributed by atoms with Crippen LogP contribution < -0.4 is 20.1 Å². The monoisotopic (exact) mass is 550 g/mol. The van der Waals surface area contributed by atoms with E-state index in [0.717, 1.165) is 15.3 Å². The summed E-state index contributed by atoms with van der Waals surface area (Å²) < 4.78 is 10.6. The van der Waals surface area contributed by atoms with Crippen molar-refractivity contribution in [1.82, 2.24) is 4.90 Å². The summed E-state index contributed by atoms with van der Waals surface area (Å²) in [4.78, 5) is 40.9. The number of carbonyl (C=O) groups excluding carboxylic acids is 3. The fourth-order valence-electron chi connectivity index (χ4n) is 4.12. The van der Waals surface area contributed by atoms with Gasteiger partial charge in [-0.3, -0.25) is 14.4 Å². The van der Waals surface area contributed by atoms with Gasteiger partial charge in [0.15, 0.2) is 0 Å². The van der Waals surface area contributed by atoms with Crippen LogP contribution in [0, 0.1) is 11.3 Å². The fourth-order valence-corrected chi connectivity index (χ4v) is 6.11. The summed E-state index contributed by atoms with van der Waals surface area (Å²) in [5.74, 6) is 0.264. The number of hydrogen-bond acceptors (Lipinski definition) is 8. The molecule has 38 heavy (non-hydrogen) atoms. The van der Waals surface area contributed by atoms with Crippen LogP contribution in [0.1, 0.15) is 33.3 Å². The Kier molecular flexibility index (Phi) is 8.55. The van der Waals surface area contributed by atoms with Crippen molar-refractivity contribution in [3.05, 3.63) is 64.0 Å². The summed E-state index contributed by atoms with van der Waals surface area (Å²) in [6.45, 7) is 2.54. The molecule has 0 radical (unpaired) electrons. The number of methoxy groups -OCH3 is 2. The molecule has 2 N–H and O–H groups in total. The van der Waals surface area contributed by atoms with Crippen molar-refractivity contribution < 1.29 is 23.9 Å². The molecule has 0 saturated heterocycles. The molecule has 3 aromatic rings. The maximum absolute atomic E-state index is 13.0. The van der Waals surface area contributed by atoms with Gasteiger partial charge < -0.3 is 25.0 Å². The predicted molar refractivity (Wildman–Crippen MR) is 147 cm³/mol. The van der Waals surface area contributed by atoms with Gasteiger partial charge in [-0.15, -0.1) is 23.1 Å². The van der Waals surface area contributed by atoms with Gasteiger partial charge in [-0.25, -0.2) is 0 Å². The Morgan fingerprint density at radius 2 is 1.82 bits per heavy atom. The second kappa shape index (κ2) is 12.0. The molecule has 11 heteroatoms. The minimum absolute atomic E-state index is 0.00925. The number of nitrogens with zero attached hydrogens (tertiary/aromatic N) is 2. The Balaban J connectivity index is 1.40. The van der Waals surface area contributed by atoms with E-state index in [0.29, 0.717) is 47.3 Å². The highest BCUT2D eigenvalue weighted by molar-refractivity contribution is 8.00. The zero-order valence-corrected chi connectivity index (χ0v) is 22.8. The van der Waals surface area contributed by atoms with Gasteiger partial charge in [0, 0.05) is 28.9 Å². The zero-order valence-electron chi connectivity index (χ0n) is 21.1. The standard InChI is InChI=1S/C27H26N4O5S2/c1-16(32)31-11-10-19-20(13-28)27(38-23(19)14-31)30-24(33)15-37-18-7-4-6-17(12-18)29-26(34)25-21(35-2)8-5-9-22(25)36-3/h4-9,12H,10-11,14-15H2,1-3H3,(H,29,34)(H,30,33). The van der Waals surface area contributed by atoms with Gasteiger partial charge in [-0.1, -0.05) is 12.1 Å². The van der Waals surface area contributed by atoms with Crippen LogP contribution in [-0.4, -0.2) is 49.1 Å². The first-order chi connectivity index (χ1) is 18.3. The predicted octanol–water partition coefficient (Wildman–Crippen LogP) is 4.52. The van der Waals surface area contributed by atoms with Crippen molar-refractivity contribution in [2.75, 3.05) is 37.2 Å². The van der Waals surface area contributed by atoms with E-state index in [1.54, 1.807) is 41.3 Å². The van der Waals surface area contributed by atoms with E-state index in [2.05, 4.69) is 16.7 Å². The van der Waals surface area contributed by atoms with Gasteiger partial charge in [0.25, 0.3) is 5.91 Å². The van der Waals surface area contributed by atoms with Crippen LogP contribution in [0.4, 0.5) is 10.7 Å². The summed E-state index contributed by atoms with van der Waals surface area (Å²) in [6.07, 6.45) is 0.595. The number of anilines is 2. The number of ether oxygens (including phenoxy) is 2. The van der Waals surface area contributed by atoms with Crippen LogP contribution in [0.15, 0.2) is 47.4 Å². The molecule has 0 bridgehead atoms. The van der Waals surface area contributed by atoms with Crippen LogP contribution in [0.2, 0.25) is 0 Å². The second-order valence-corrected chi connectivity index (χ2v) is 10.5. The zero-order chi connectivity index (χ0) is 27.2. The lowest BCUT2D eigenvalue weighted by Crippen LogP contribution is -2.33. The average molecular weight is 551 g/mol. The molecule has 2 heterocycles. The van der Waals surface area contributed by atoms with E-state index in [1.807, 2.05) is 6.07 Å². The molecule has 3 amide bonds. The Labute approximate surface area is 228 Å². The van der Waals surface area contributed by atoms with Gasteiger partial charge in [-0.05, 0) is 42.3 Å². The number of benzene rings is 2. The number of thiophene rings is 1. The highest BCUT2D eigenvalue weighted by atomic mass is 32.2. The third-order valence-electron chi connectivity index (χ3n) is 5.98. The van der Waals surface area contributed by atoms with Crippen LogP contribution in [-0.2, 0) is 22.6 Å². The van der Waals surface area contributed by atoms with E-state index < -0.39 is 0 Å². The first-order valence-corrected chi connectivity index (χ1v) is 13.5. The molecule has 0 aliphatic carbocycles. The SMILES string of the molecule is COc1cccc(OC)c1C(=O)Nc1cccc(SCC(=O)Nc2sc3c(c2C#N)CCN(C(C)=O)C3)c1. The normalized spacial score (nSPS) is 12.2. The maximum Gasteiger partial charge on any atom is 0.263 e. The second-order valence-electron chi connectivity index (χ2n) is 8.37. The molecule has 196 valence electrons. The molecule has 1 aliphatic heterocycles. The van der Waals surface area contributed by atoms with Crippen molar-refractivity contribution >= 4 is 51.5 Å². The number of hydrogen-bond donors (Lipinski definition) is 2. The topological polar surface area (TPSA) is 121 Å². The molecule has 0 spiro atoms. The Bertz CT molecular complexity index is 1410. The Morgan fingerprint density at radius 3 is 2.47 bits per heavy atom. The smallest absolute Gasteiger partial charge is 0.263 e. The molecule has 9 nitrogen and oxygen atoms in total. The van der Waals surface area contributed by atoms with Gasteiger partial charge in [0.05, 0.1) is 32.1 Å². The number of thioether (sulfide) groups is 1. The number of rotatable bonds is 8. The summed E-state index contributed by atoms with van der Waals surface area (Å²) in [6, 6.07) is 14.5. The molecule has 0 fully saturated rings. The minimum Gasteiger partial charge on any atom is -0.496 e. The molecule has 4 rings (SSSR count). The minimum atomic E-state index is -0.381. The third kappa shape index (κ3) is 5.93. The summed E-state index contributed by atoms with van der Waals surface area (Å²) in [5.41, 5.74) is 2.23. The van der Waals surface area contributed by atoms with Gasteiger partial charge in [-0.2, -0.15) is 5.26 Å². The van der Waals surface area contributed by atoms with Gasteiger partial charge in [0.1, 0.15) is 28.1 Å². The van der Waals surface area contributed by atoms with Crippen molar-refractivity contribution in [2.45, 2.75) is 24.8 Å². The van der Waals surface area contributed by atoms with Crippen LogP contribution in [0.25, 0.3) is 0 Å². The molecular formula is C27H26N4O5S2. The highest BCUT2D eigenvalue weighted by Gasteiger charge is 2.26. The molecular weight excluding hydrogens is 524 g/mol. The van der Waals surface area contributed by atoms with E-state index in [4.69, 9.17) is 9.47 Å². The largest absolute Gasteiger partial charge is 0.496 e. The first-order valence-electron chi connectivity index (χ1n) is 11.7. The van der Waals surface area contributed by atoms with E-state index in [9.17, 15) is 19.6 Å². The van der Waals surface area contributed by atoms with Crippen molar-refractivity contribution in [1.29, 1.82) is 5.26 Å². The molecule has 0 atom stereocenters. The lowest BCUT2D eigenvalue weighted by molar-refractivity contribution is -0.129. The fraction of sp³-hybridized carbons (Fsp3) is 0.259. The number of nitrogens with one attached hydrogen (secondary N) is 2. The van der Waals surface area contributed by atoms with Crippen LogP contribution in [0.3, 0.4) is 0 Å². The summed E-state index contributed by atoms with van der Waals surface area (Å²) in [5, 5.41) is 15.9. The van der Waals surface area contributed by atoms with Gasteiger partial charge in [0.2, 0.25) is 11.8 Å². The molecule has 0 saturated carbocycles.